The molecule has 67 heavy (non-hydrogen) atoms. The predicted octanol–water partition coefficient (Wildman–Crippen LogP) is 10.2. The number of rotatable bonds is 8. The van der Waals surface area contributed by atoms with Gasteiger partial charge in [-0.3, -0.25) is 9.59 Å². The van der Waals surface area contributed by atoms with Gasteiger partial charge in [-0.2, -0.15) is 0 Å². The van der Waals surface area contributed by atoms with Gasteiger partial charge in [0.1, 0.15) is 11.5 Å². The third-order valence-corrected chi connectivity index (χ3v) is 7.91. The minimum Gasteiger partial charge on any atom is -0.872 e. The Morgan fingerprint density at radius 3 is 0.746 bits per heavy atom. The van der Waals surface area contributed by atoms with Gasteiger partial charge in [-0.05, 0) is 36.4 Å². The number of para-hydroxylation sites is 2. The molecular weight excluding hydrogens is 992 g/mol. The molecule has 0 saturated carbocycles. The fraction of sp³-hybridized carbons (Fsp3) is 0.0455. The minimum absolute atomic E-state index is 0. The molecule has 0 bridgehead atoms. The molecule has 0 saturated heterocycles. The van der Waals surface area contributed by atoms with Gasteiger partial charge in [-0.25, -0.2) is 70.2 Å². The van der Waals surface area contributed by atoms with Crippen LogP contribution in [0, 0.1) is 93.1 Å². The van der Waals surface area contributed by atoms with Gasteiger partial charge in [-0.1, -0.05) is 47.9 Å². The molecule has 0 spiro atoms. The second kappa shape index (κ2) is 24.9. The Morgan fingerprint density at radius 2 is 0.567 bits per heavy atom. The number of carbonyl (C=O) groups excluding carboxylic acids is 2. The van der Waals surface area contributed by atoms with Crippen molar-refractivity contribution >= 4 is 23.1 Å². The molecule has 0 aliphatic carbocycles. The van der Waals surface area contributed by atoms with Crippen LogP contribution in [0.3, 0.4) is 0 Å². The number of benzene rings is 6. The molecular formula is C44H22CuF16O6. The molecule has 0 atom stereocenters. The van der Waals surface area contributed by atoms with Crippen molar-refractivity contribution in [2.24, 2.45) is 0 Å². The van der Waals surface area contributed by atoms with E-state index in [9.17, 15) is 90.0 Å². The Bertz CT molecular complexity index is 2510. The summed E-state index contributed by atoms with van der Waals surface area (Å²) in [7, 11) is 3.32. The monoisotopic (exact) mass is 1010 g/mol. The standard InChI is InChI=1S/2C15H4F8O2.2C7H8O.Cu/c2*16-4-1-5(17)13(21)10(12(4)20)8(24)3-9(25)11-14(22)6(18)2-7(19)15(11)23;2*1-8-7-5-3-2-4-6-7;/h2*1-3,24H;2*2-6H,1H3;/q;;;;+2/p-2/b2*8-3-;;;. The number of hydrogen-bond acceptors (Lipinski definition) is 6. The van der Waals surface area contributed by atoms with Crippen molar-refractivity contribution in [2.45, 2.75) is 0 Å². The topological polar surface area (TPSA) is 98.7 Å². The Kier molecular flexibility index (Phi) is 20.7. The molecule has 0 aliphatic heterocycles. The second-order valence-corrected chi connectivity index (χ2v) is 12.2. The fourth-order valence-corrected chi connectivity index (χ4v) is 4.80. The summed E-state index contributed by atoms with van der Waals surface area (Å²) in [5.74, 6) is -39.4. The summed E-state index contributed by atoms with van der Waals surface area (Å²) < 4.78 is 221. The van der Waals surface area contributed by atoms with E-state index in [1.807, 2.05) is 60.7 Å². The summed E-state index contributed by atoms with van der Waals surface area (Å²) in [5, 5.41) is 23.3. The molecule has 6 aromatic rings. The summed E-state index contributed by atoms with van der Waals surface area (Å²) in [4.78, 5) is 23.3. The summed E-state index contributed by atoms with van der Waals surface area (Å²) in [6.07, 6.45) is -0.721. The van der Waals surface area contributed by atoms with Crippen molar-refractivity contribution in [1.82, 2.24) is 0 Å². The van der Waals surface area contributed by atoms with E-state index < -0.39 is 138 Å². The molecule has 0 aromatic heterocycles. The average Bonchev–Trinajstić information content (AvgIpc) is 3.28. The van der Waals surface area contributed by atoms with E-state index in [4.69, 9.17) is 9.47 Å². The number of allylic oxidation sites excluding steroid dienone is 2. The van der Waals surface area contributed by atoms with Gasteiger partial charge >= 0.3 is 17.1 Å². The summed E-state index contributed by atoms with van der Waals surface area (Å²) >= 11 is 0. The second-order valence-electron chi connectivity index (χ2n) is 12.2. The molecule has 6 nitrogen and oxygen atoms in total. The maximum atomic E-state index is 13.4. The van der Waals surface area contributed by atoms with Crippen molar-refractivity contribution in [3.05, 3.63) is 212 Å². The third kappa shape index (κ3) is 13.9. The third-order valence-electron chi connectivity index (χ3n) is 7.91. The van der Waals surface area contributed by atoms with Gasteiger partial charge < -0.3 is 19.7 Å². The smallest absolute Gasteiger partial charge is 0.872 e. The normalized spacial score (nSPS) is 10.8. The number of methoxy groups -OCH3 is 2. The summed E-state index contributed by atoms with van der Waals surface area (Å²) in [5.41, 5.74) is -7.43. The Labute approximate surface area is 377 Å². The number of carbonyl (C=O) groups is 2. The van der Waals surface area contributed by atoms with E-state index in [0.717, 1.165) is 11.5 Å². The Hall–Kier alpha value is -7.26. The molecule has 357 valence electrons. The first-order valence-electron chi connectivity index (χ1n) is 17.4. The molecule has 0 fully saturated rings. The van der Waals surface area contributed by atoms with Crippen molar-refractivity contribution in [2.75, 3.05) is 14.2 Å². The molecule has 6 aromatic carbocycles. The van der Waals surface area contributed by atoms with Gasteiger partial charge in [0.15, 0.2) is 105 Å². The van der Waals surface area contributed by atoms with E-state index in [1.165, 1.54) is 0 Å². The quantitative estimate of drug-likeness (QED) is 0.0376. The van der Waals surface area contributed by atoms with E-state index >= 15 is 0 Å². The fourth-order valence-electron chi connectivity index (χ4n) is 4.80. The maximum Gasteiger partial charge on any atom is 2.00 e. The maximum absolute atomic E-state index is 13.4. The first-order valence-corrected chi connectivity index (χ1v) is 17.4. The predicted molar refractivity (Wildman–Crippen MR) is 196 cm³/mol. The van der Waals surface area contributed by atoms with Crippen molar-refractivity contribution in [1.29, 1.82) is 0 Å². The molecule has 0 aliphatic rings. The number of hydrogen-bond donors (Lipinski definition) is 0. The van der Waals surface area contributed by atoms with Crippen molar-refractivity contribution in [3.63, 3.8) is 0 Å². The van der Waals surface area contributed by atoms with E-state index in [0.29, 0.717) is 0 Å². The van der Waals surface area contributed by atoms with E-state index in [1.54, 1.807) is 14.2 Å². The number of halogens is 16. The van der Waals surface area contributed by atoms with Gasteiger partial charge in [0.25, 0.3) is 0 Å². The SMILES string of the molecule is COc1ccccc1.COc1ccccc1.O=C(/C=C(\[O-])c1c(F)c(F)cc(F)c1F)c1c(F)c(F)cc(F)c1F.O=C(/C=C(\[O-])c1c(F)c(F)cc(F)c1F)c1c(F)c(F)cc(F)c1F.[Cu+2]. The molecule has 0 amide bonds. The first-order chi connectivity index (χ1) is 31.0. The molecule has 0 heterocycles. The first kappa shape index (κ1) is 55.9. The molecule has 23 heteroatoms. The molecule has 0 unspecified atom stereocenters. The van der Waals surface area contributed by atoms with Crippen LogP contribution in [0.1, 0.15) is 31.8 Å². The van der Waals surface area contributed by atoms with Crippen LogP contribution in [0.4, 0.5) is 70.2 Å². The zero-order valence-electron chi connectivity index (χ0n) is 33.0. The van der Waals surface area contributed by atoms with Gasteiger partial charge in [-0.15, -0.1) is 0 Å². The van der Waals surface area contributed by atoms with Crippen LogP contribution in [0.2, 0.25) is 0 Å². The zero-order chi connectivity index (χ0) is 49.7. The number of ether oxygens (including phenoxy) is 2. The van der Waals surface area contributed by atoms with E-state index in [-0.39, 0.29) is 53.5 Å². The molecule has 1 radical (unpaired) electrons. The summed E-state index contributed by atoms with van der Waals surface area (Å²) in [6, 6.07) is 18.5. The van der Waals surface area contributed by atoms with Crippen LogP contribution < -0.4 is 19.7 Å². The van der Waals surface area contributed by atoms with Gasteiger partial charge in [0, 0.05) is 35.4 Å². The van der Waals surface area contributed by atoms with Gasteiger partial charge in [0.05, 0.1) is 25.3 Å². The largest absolute Gasteiger partial charge is 2.00 e. The minimum atomic E-state index is -2.17. The number of ketones is 2. The molecule has 0 N–H and O–H groups in total. The van der Waals surface area contributed by atoms with Crippen molar-refractivity contribution < 1.29 is 117 Å². The van der Waals surface area contributed by atoms with Crippen LogP contribution in [0.15, 0.2) is 97.1 Å². The summed E-state index contributed by atoms with van der Waals surface area (Å²) in [6.45, 7) is 0. The van der Waals surface area contributed by atoms with Crippen LogP contribution in [-0.4, -0.2) is 25.8 Å². The van der Waals surface area contributed by atoms with Crippen LogP contribution in [-0.2, 0) is 17.1 Å². The van der Waals surface area contributed by atoms with Crippen LogP contribution in [0.25, 0.3) is 11.5 Å². The van der Waals surface area contributed by atoms with E-state index in [2.05, 4.69) is 0 Å². The Balaban J connectivity index is 0.000000342. The Morgan fingerprint density at radius 1 is 0.373 bits per heavy atom. The average molecular weight is 1010 g/mol. The van der Waals surface area contributed by atoms with Gasteiger partial charge in [0.2, 0.25) is 0 Å². The van der Waals surface area contributed by atoms with Crippen LogP contribution >= 0.6 is 0 Å². The zero-order valence-corrected chi connectivity index (χ0v) is 34.0. The molecule has 6 rings (SSSR count). The van der Waals surface area contributed by atoms with Crippen LogP contribution in [0.5, 0.6) is 11.5 Å². The van der Waals surface area contributed by atoms with Crippen molar-refractivity contribution in [3.8, 4) is 11.5 Å².